The molecule has 172 valence electrons. The average molecular weight is 449 g/mol. The first-order valence-electron chi connectivity index (χ1n) is 11.6. The standard InChI is InChI=1S/C27H29FN2O3/c28-22-7-9-24(10-8-22)33-26-17-27(32-20-26)11-14-30(15-12-27)18-21-4-3-6-25(16-21)31-19-23-5-1-2-13-29-23/h1-10,13,16,26H,11-12,14-15,17-20H2. The lowest BCUT2D eigenvalue weighted by Gasteiger charge is -2.38. The predicted molar refractivity (Wildman–Crippen MR) is 124 cm³/mol. The molecule has 1 aromatic heterocycles. The molecular formula is C27H29FN2O3. The quantitative estimate of drug-likeness (QED) is 0.509. The zero-order valence-corrected chi connectivity index (χ0v) is 18.7. The third-order valence-electron chi connectivity index (χ3n) is 6.48. The zero-order valence-electron chi connectivity index (χ0n) is 18.7. The van der Waals surface area contributed by atoms with E-state index in [-0.39, 0.29) is 17.5 Å². The summed E-state index contributed by atoms with van der Waals surface area (Å²) < 4.78 is 31.3. The number of hydrogen-bond donors (Lipinski definition) is 0. The van der Waals surface area contributed by atoms with Crippen LogP contribution in [0.4, 0.5) is 4.39 Å². The van der Waals surface area contributed by atoms with Gasteiger partial charge in [0.15, 0.2) is 0 Å². The van der Waals surface area contributed by atoms with Gasteiger partial charge in [-0.15, -0.1) is 0 Å². The number of nitrogens with zero attached hydrogens (tertiary/aromatic N) is 2. The van der Waals surface area contributed by atoms with Gasteiger partial charge in [0.05, 0.1) is 17.9 Å². The number of pyridine rings is 1. The Balaban J connectivity index is 1.10. The Bertz CT molecular complexity index is 1040. The molecule has 2 aliphatic rings. The monoisotopic (exact) mass is 448 g/mol. The number of piperidine rings is 1. The molecular weight excluding hydrogens is 419 g/mol. The van der Waals surface area contributed by atoms with E-state index in [2.05, 4.69) is 22.0 Å². The molecule has 0 aliphatic carbocycles. The van der Waals surface area contributed by atoms with Crippen LogP contribution in [0.5, 0.6) is 11.5 Å². The highest BCUT2D eigenvalue weighted by Gasteiger charge is 2.43. The minimum atomic E-state index is -0.251. The Morgan fingerprint density at radius 3 is 2.64 bits per heavy atom. The van der Waals surface area contributed by atoms with Crippen LogP contribution >= 0.6 is 0 Å². The number of halogens is 1. The van der Waals surface area contributed by atoms with Crippen LogP contribution in [0, 0.1) is 5.82 Å². The molecule has 3 heterocycles. The average Bonchev–Trinajstić information content (AvgIpc) is 3.24. The highest BCUT2D eigenvalue weighted by molar-refractivity contribution is 5.29. The Hall–Kier alpha value is -2.96. The molecule has 33 heavy (non-hydrogen) atoms. The van der Waals surface area contributed by atoms with Crippen LogP contribution in [0.2, 0.25) is 0 Å². The van der Waals surface area contributed by atoms with Gasteiger partial charge in [0.2, 0.25) is 0 Å². The van der Waals surface area contributed by atoms with Crippen molar-refractivity contribution in [2.45, 2.75) is 44.1 Å². The predicted octanol–water partition coefficient (Wildman–Crippen LogP) is 5.00. The van der Waals surface area contributed by atoms with Crippen LogP contribution < -0.4 is 9.47 Å². The molecule has 0 N–H and O–H groups in total. The van der Waals surface area contributed by atoms with Gasteiger partial charge in [-0.05, 0) is 66.9 Å². The molecule has 2 aromatic carbocycles. The third kappa shape index (κ3) is 5.70. The summed E-state index contributed by atoms with van der Waals surface area (Å²) in [5.74, 6) is 1.32. The van der Waals surface area contributed by atoms with Gasteiger partial charge in [0, 0.05) is 32.3 Å². The van der Waals surface area contributed by atoms with Crippen LogP contribution in [0.15, 0.2) is 72.9 Å². The number of benzene rings is 2. The molecule has 5 nitrogen and oxygen atoms in total. The van der Waals surface area contributed by atoms with Crippen LogP contribution in [-0.2, 0) is 17.9 Å². The van der Waals surface area contributed by atoms with Crippen molar-refractivity contribution >= 4 is 0 Å². The van der Waals surface area contributed by atoms with E-state index in [1.165, 1.54) is 17.7 Å². The van der Waals surface area contributed by atoms with Gasteiger partial charge >= 0.3 is 0 Å². The van der Waals surface area contributed by atoms with E-state index in [4.69, 9.17) is 14.2 Å². The number of ether oxygens (including phenoxy) is 3. The maximum absolute atomic E-state index is 13.1. The van der Waals surface area contributed by atoms with E-state index in [1.807, 2.05) is 30.3 Å². The van der Waals surface area contributed by atoms with Crippen molar-refractivity contribution < 1.29 is 18.6 Å². The second kappa shape index (κ2) is 9.89. The second-order valence-electron chi connectivity index (χ2n) is 8.93. The Morgan fingerprint density at radius 1 is 1.00 bits per heavy atom. The summed E-state index contributed by atoms with van der Waals surface area (Å²) in [4.78, 5) is 6.78. The SMILES string of the molecule is Fc1ccc(OC2COC3(CCN(Cc4cccc(OCc5ccccn5)c4)CC3)C2)cc1. The van der Waals surface area contributed by atoms with Gasteiger partial charge in [-0.25, -0.2) is 4.39 Å². The van der Waals surface area contributed by atoms with Crippen molar-refractivity contribution in [2.75, 3.05) is 19.7 Å². The molecule has 0 radical (unpaired) electrons. The number of rotatable bonds is 7. The Labute approximate surface area is 194 Å². The van der Waals surface area contributed by atoms with Crippen molar-refractivity contribution in [1.82, 2.24) is 9.88 Å². The van der Waals surface area contributed by atoms with E-state index in [0.29, 0.717) is 19.0 Å². The van der Waals surface area contributed by atoms with Crippen LogP contribution in [0.3, 0.4) is 0 Å². The van der Waals surface area contributed by atoms with Crippen LogP contribution in [-0.4, -0.2) is 41.3 Å². The summed E-state index contributed by atoms with van der Waals surface area (Å²) >= 11 is 0. The van der Waals surface area contributed by atoms with Gasteiger partial charge in [-0.1, -0.05) is 18.2 Å². The van der Waals surface area contributed by atoms with Crippen molar-refractivity contribution in [3.05, 3.63) is 90.0 Å². The molecule has 0 amide bonds. The molecule has 2 fully saturated rings. The maximum Gasteiger partial charge on any atom is 0.130 e. The van der Waals surface area contributed by atoms with E-state index >= 15 is 0 Å². The number of aromatic nitrogens is 1. The highest BCUT2D eigenvalue weighted by Crippen LogP contribution is 2.37. The van der Waals surface area contributed by atoms with E-state index < -0.39 is 0 Å². The fourth-order valence-electron chi connectivity index (χ4n) is 4.68. The van der Waals surface area contributed by atoms with Crippen molar-refractivity contribution in [1.29, 1.82) is 0 Å². The molecule has 2 aliphatic heterocycles. The highest BCUT2D eigenvalue weighted by atomic mass is 19.1. The lowest BCUT2D eigenvalue weighted by atomic mass is 9.88. The largest absolute Gasteiger partial charge is 0.488 e. The fourth-order valence-corrected chi connectivity index (χ4v) is 4.68. The van der Waals surface area contributed by atoms with Gasteiger partial charge in [-0.3, -0.25) is 9.88 Å². The number of hydrogen-bond acceptors (Lipinski definition) is 5. The molecule has 3 aromatic rings. The molecule has 1 unspecified atom stereocenters. The van der Waals surface area contributed by atoms with Gasteiger partial charge in [-0.2, -0.15) is 0 Å². The molecule has 1 atom stereocenters. The molecule has 1 spiro atoms. The Morgan fingerprint density at radius 2 is 1.85 bits per heavy atom. The van der Waals surface area contributed by atoms with Crippen molar-refractivity contribution in [2.24, 2.45) is 0 Å². The zero-order chi connectivity index (χ0) is 22.5. The first-order valence-corrected chi connectivity index (χ1v) is 11.6. The molecule has 2 saturated heterocycles. The topological polar surface area (TPSA) is 43.8 Å². The maximum atomic E-state index is 13.1. The van der Waals surface area contributed by atoms with Crippen molar-refractivity contribution in [3.63, 3.8) is 0 Å². The molecule has 0 saturated carbocycles. The van der Waals surface area contributed by atoms with Gasteiger partial charge < -0.3 is 14.2 Å². The smallest absolute Gasteiger partial charge is 0.130 e. The summed E-state index contributed by atoms with van der Waals surface area (Å²) in [5, 5.41) is 0. The molecule has 6 heteroatoms. The van der Waals surface area contributed by atoms with Crippen molar-refractivity contribution in [3.8, 4) is 11.5 Å². The van der Waals surface area contributed by atoms with Gasteiger partial charge in [0.25, 0.3) is 0 Å². The van der Waals surface area contributed by atoms with Crippen LogP contribution in [0.25, 0.3) is 0 Å². The summed E-state index contributed by atoms with van der Waals surface area (Å²) in [7, 11) is 0. The summed E-state index contributed by atoms with van der Waals surface area (Å²) in [5.41, 5.74) is 2.06. The fraction of sp³-hybridized carbons (Fsp3) is 0.370. The van der Waals surface area contributed by atoms with Gasteiger partial charge in [0.1, 0.15) is 30.0 Å². The third-order valence-corrected chi connectivity index (χ3v) is 6.48. The minimum Gasteiger partial charge on any atom is -0.488 e. The Kier molecular flexibility index (Phi) is 6.55. The lowest BCUT2D eigenvalue weighted by Crippen LogP contribution is -2.44. The van der Waals surface area contributed by atoms with E-state index in [0.717, 1.165) is 50.3 Å². The molecule has 0 bridgehead atoms. The van der Waals surface area contributed by atoms with Crippen LogP contribution in [0.1, 0.15) is 30.5 Å². The first-order chi connectivity index (χ1) is 16.2. The summed E-state index contributed by atoms with van der Waals surface area (Å²) in [6, 6.07) is 20.4. The van der Waals surface area contributed by atoms with E-state index in [1.54, 1.807) is 18.3 Å². The lowest BCUT2D eigenvalue weighted by molar-refractivity contribution is -0.0454. The minimum absolute atomic E-state index is 0.0231. The van der Waals surface area contributed by atoms with E-state index in [9.17, 15) is 4.39 Å². The normalized spacial score (nSPS) is 20.1. The number of likely N-dealkylation sites (tertiary alicyclic amines) is 1. The second-order valence-corrected chi connectivity index (χ2v) is 8.93. The summed E-state index contributed by atoms with van der Waals surface area (Å²) in [6.07, 6.45) is 4.67. The summed E-state index contributed by atoms with van der Waals surface area (Å²) in [6.45, 7) is 3.93. The first kappa shape index (κ1) is 21.9. The molecule has 5 rings (SSSR count).